The van der Waals surface area contributed by atoms with Crippen LogP contribution in [0.2, 0.25) is 0 Å². The van der Waals surface area contributed by atoms with Crippen LogP contribution in [0, 0.1) is 0 Å². The average molecular weight is 397 g/mol. The predicted molar refractivity (Wildman–Crippen MR) is 107 cm³/mol. The van der Waals surface area contributed by atoms with Crippen LogP contribution in [0.3, 0.4) is 0 Å². The number of ether oxygens (including phenoxy) is 1. The number of benzene rings is 1. The number of methoxy groups -OCH3 is 1. The standard InChI is InChI=1S/C20H29ClN2O4/c1-4-10-23(11-5-2)19(25)15-12-16(20(26)27-3)14-17(13-15)22-18(24)8-6-7-9-21/h12-14H,4-11H2,1-3H3,(H,22,24). The maximum Gasteiger partial charge on any atom is 0.337 e. The van der Waals surface area contributed by atoms with E-state index in [1.54, 1.807) is 11.0 Å². The molecule has 7 heteroatoms. The second-order valence-corrected chi connectivity index (χ2v) is 6.66. The molecule has 27 heavy (non-hydrogen) atoms. The fourth-order valence-electron chi connectivity index (χ4n) is 2.70. The molecule has 0 heterocycles. The van der Waals surface area contributed by atoms with Crippen molar-refractivity contribution in [2.45, 2.75) is 46.0 Å². The van der Waals surface area contributed by atoms with Gasteiger partial charge in [-0.25, -0.2) is 4.79 Å². The molecule has 0 aliphatic rings. The summed E-state index contributed by atoms with van der Waals surface area (Å²) >= 11 is 5.63. The van der Waals surface area contributed by atoms with Crippen LogP contribution in [-0.4, -0.2) is 48.8 Å². The zero-order valence-electron chi connectivity index (χ0n) is 16.3. The first-order chi connectivity index (χ1) is 13.0. The van der Waals surface area contributed by atoms with Crippen LogP contribution in [0.4, 0.5) is 5.69 Å². The molecule has 1 aromatic carbocycles. The number of carbonyl (C=O) groups excluding carboxylic acids is 3. The molecule has 1 N–H and O–H groups in total. The highest BCUT2D eigenvalue weighted by Gasteiger charge is 2.18. The highest BCUT2D eigenvalue weighted by Crippen LogP contribution is 2.19. The van der Waals surface area contributed by atoms with Gasteiger partial charge in [0.2, 0.25) is 5.91 Å². The third kappa shape index (κ3) is 7.59. The number of alkyl halides is 1. The summed E-state index contributed by atoms with van der Waals surface area (Å²) in [6.07, 6.45) is 3.44. The molecule has 6 nitrogen and oxygen atoms in total. The van der Waals surface area contributed by atoms with Gasteiger partial charge in [-0.15, -0.1) is 11.6 Å². The molecule has 2 amide bonds. The van der Waals surface area contributed by atoms with E-state index in [9.17, 15) is 14.4 Å². The van der Waals surface area contributed by atoms with Crippen molar-refractivity contribution >= 4 is 35.1 Å². The van der Waals surface area contributed by atoms with Gasteiger partial charge in [0.05, 0.1) is 12.7 Å². The third-order valence-electron chi connectivity index (χ3n) is 3.95. The summed E-state index contributed by atoms with van der Waals surface area (Å²) in [5, 5.41) is 2.76. The van der Waals surface area contributed by atoms with Gasteiger partial charge in [-0.2, -0.15) is 0 Å². The molecule has 0 aromatic heterocycles. The van der Waals surface area contributed by atoms with Crippen molar-refractivity contribution in [3.8, 4) is 0 Å². The smallest absolute Gasteiger partial charge is 0.337 e. The monoisotopic (exact) mass is 396 g/mol. The molecule has 150 valence electrons. The van der Waals surface area contributed by atoms with Gasteiger partial charge in [0.25, 0.3) is 5.91 Å². The lowest BCUT2D eigenvalue weighted by atomic mass is 10.1. The Bertz CT molecular complexity index is 643. The molecular weight excluding hydrogens is 368 g/mol. The van der Waals surface area contributed by atoms with Crippen molar-refractivity contribution in [2.24, 2.45) is 0 Å². The van der Waals surface area contributed by atoms with Crippen LogP contribution in [0.15, 0.2) is 18.2 Å². The largest absolute Gasteiger partial charge is 0.465 e. The average Bonchev–Trinajstić information content (AvgIpc) is 2.66. The van der Waals surface area contributed by atoms with Gasteiger partial charge in [0.15, 0.2) is 0 Å². The van der Waals surface area contributed by atoms with E-state index >= 15 is 0 Å². The van der Waals surface area contributed by atoms with Crippen molar-refractivity contribution in [1.29, 1.82) is 0 Å². The molecule has 0 radical (unpaired) electrons. The van der Waals surface area contributed by atoms with E-state index in [1.165, 1.54) is 19.2 Å². The lowest BCUT2D eigenvalue weighted by Crippen LogP contribution is -2.32. The maximum absolute atomic E-state index is 12.9. The molecule has 0 saturated carbocycles. The molecule has 0 saturated heterocycles. The van der Waals surface area contributed by atoms with E-state index in [0.29, 0.717) is 43.1 Å². The van der Waals surface area contributed by atoms with Crippen LogP contribution in [0.25, 0.3) is 0 Å². The predicted octanol–water partition coefficient (Wildman–Crippen LogP) is 4.08. The first-order valence-electron chi connectivity index (χ1n) is 9.35. The Hall–Kier alpha value is -2.08. The van der Waals surface area contributed by atoms with Crippen molar-refractivity contribution in [3.63, 3.8) is 0 Å². The number of anilines is 1. The van der Waals surface area contributed by atoms with E-state index < -0.39 is 5.97 Å². The number of unbranched alkanes of at least 4 members (excludes halogenated alkanes) is 1. The number of nitrogens with zero attached hydrogens (tertiary/aromatic N) is 1. The van der Waals surface area contributed by atoms with Gasteiger partial charge in [-0.05, 0) is 43.9 Å². The Morgan fingerprint density at radius 3 is 2.22 bits per heavy atom. The first-order valence-corrected chi connectivity index (χ1v) is 9.88. The molecule has 0 unspecified atom stereocenters. The number of hydrogen-bond donors (Lipinski definition) is 1. The van der Waals surface area contributed by atoms with Crippen LogP contribution in [0.5, 0.6) is 0 Å². The summed E-state index contributed by atoms with van der Waals surface area (Å²) < 4.78 is 4.77. The molecule has 0 aliphatic heterocycles. The number of carbonyl (C=O) groups is 3. The Kier molecular flexibility index (Phi) is 10.5. The second kappa shape index (κ2) is 12.3. The number of rotatable bonds is 11. The van der Waals surface area contributed by atoms with E-state index in [-0.39, 0.29) is 17.4 Å². The Labute approximate surface area is 166 Å². The number of amides is 2. The molecular formula is C20H29ClN2O4. The minimum absolute atomic E-state index is 0.165. The van der Waals surface area contributed by atoms with E-state index in [1.807, 2.05) is 13.8 Å². The SMILES string of the molecule is CCCN(CCC)C(=O)c1cc(NC(=O)CCCCCl)cc(C(=O)OC)c1. The molecule has 0 fully saturated rings. The maximum atomic E-state index is 12.9. The van der Waals surface area contributed by atoms with Crippen molar-refractivity contribution in [2.75, 3.05) is 31.4 Å². The fraction of sp³-hybridized carbons (Fsp3) is 0.550. The highest BCUT2D eigenvalue weighted by atomic mass is 35.5. The van der Waals surface area contributed by atoms with Gasteiger partial charge < -0.3 is 15.0 Å². The van der Waals surface area contributed by atoms with Gasteiger partial charge in [0.1, 0.15) is 0 Å². The van der Waals surface area contributed by atoms with E-state index in [2.05, 4.69) is 5.32 Å². The van der Waals surface area contributed by atoms with E-state index in [4.69, 9.17) is 16.3 Å². The second-order valence-electron chi connectivity index (χ2n) is 6.28. The first kappa shape index (κ1) is 23.0. The third-order valence-corrected chi connectivity index (χ3v) is 4.21. The molecule has 0 bridgehead atoms. The summed E-state index contributed by atoms with van der Waals surface area (Å²) in [4.78, 5) is 38.7. The minimum Gasteiger partial charge on any atom is -0.465 e. The Morgan fingerprint density at radius 2 is 1.67 bits per heavy atom. The fourth-order valence-corrected chi connectivity index (χ4v) is 2.89. The summed E-state index contributed by atoms with van der Waals surface area (Å²) in [7, 11) is 1.28. The Morgan fingerprint density at radius 1 is 1.04 bits per heavy atom. The van der Waals surface area contributed by atoms with Crippen LogP contribution < -0.4 is 5.32 Å². The van der Waals surface area contributed by atoms with Gasteiger partial charge in [-0.1, -0.05) is 13.8 Å². The molecule has 0 spiro atoms. The zero-order chi connectivity index (χ0) is 20.2. The Balaban J connectivity index is 3.10. The van der Waals surface area contributed by atoms with Gasteiger partial charge in [-0.3, -0.25) is 9.59 Å². The lowest BCUT2D eigenvalue weighted by Gasteiger charge is -2.22. The van der Waals surface area contributed by atoms with Gasteiger partial charge in [0, 0.05) is 36.6 Å². The number of nitrogens with one attached hydrogen (secondary N) is 1. The zero-order valence-corrected chi connectivity index (χ0v) is 17.1. The van der Waals surface area contributed by atoms with Crippen LogP contribution in [-0.2, 0) is 9.53 Å². The molecule has 0 aliphatic carbocycles. The van der Waals surface area contributed by atoms with Gasteiger partial charge >= 0.3 is 5.97 Å². The van der Waals surface area contributed by atoms with Crippen LogP contribution >= 0.6 is 11.6 Å². The van der Waals surface area contributed by atoms with E-state index in [0.717, 1.165) is 19.3 Å². The number of halogens is 1. The normalized spacial score (nSPS) is 10.4. The molecule has 1 aromatic rings. The summed E-state index contributed by atoms with van der Waals surface area (Å²) in [5.74, 6) is -0.393. The summed E-state index contributed by atoms with van der Waals surface area (Å²) in [6.45, 7) is 5.28. The topological polar surface area (TPSA) is 75.7 Å². The summed E-state index contributed by atoms with van der Waals surface area (Å²) in [6, 6.07) is 4.63. The van der Waals surface area contributed by atoms with Crippen molar-refractivity contribution < 1.29 is 19.1 Å². The van der Waals surface area contributed by atoms with Crippen LogP contribution in [0.1, 0.15) is 66.7 Å². The van der Waals surface area contributed by atoms with Crippen molar-refractivity contribution in [3.05, 3.63) is 29.3 Å². The molecule has 0 atom stereocenters. The summed E-state index contributed by atoms with van der Waals surface area (Å²) in [5.41, 5.74) is 0.994. The lowest BCUT2D eigenvalue weighted by molar-refractivity contribution is -0.116. The molecule has 1 rings (SSSR count). The number of esters is 1. The minimum atomic E-state index is -0.556. The highest BCUT2D eigenvalue weighted by molar-refractivity contribution is 6.17. The van der Waals surface area contributed by atoms with Crippen molar-refractivity contribution in [1.82, 2.24) is 4.90 Å². The quantitative estimate of drug-likeness (QED) is 0.347. The number of hydrogen-bond acceptors (Lipinski definition) is 4.